The standard InChI is InChI=1S/C14H15N3O2/c1-17-9-10(8-15-17)12-7-13(12)14(18)16-19-11-5-3-2-4-6-11/h2-6,8-9,12-13H,7H2,1H3,(H,16,18)/t12-,13+/m0/s1. The number of benzene rings is 1. The lowest BCUT2D eigenvalue weighted by molar-refractivity contribution is -0.129. The molecule has 0 aliphatic heterocycles. The lowest BCUT2D eigenvalue weighted by Gasteiger charge is -2.06. The molecule has 0 unspecified atom stereocenters. The van der Waals surface area contributed by atoms with Crippen LogP contribution < -0.4 is 10.3 Å². The molecule has 19 heavy (non-hydrogen) atoms. The van der Waals surface area contributed by atoms with Crippen LogP contribution in [0.4, 0.5) is 0 Å². The fraction of sp³-hybridized carbons (Fsp3) is 0.286. The summed E-state index contributed by atoms with van der Waals surface area (Å²) >= 11 is 0. The van der Waals surface area contributed by atoms with Gasteiger partial charge < -0.3 is 4.84 Å². The molecule has 1 aromatic heterocycles. The van der Waals surface area contributed by atoms with E-state index >= 15 is 0 Å². The molecule has 5 heteroatoms. The maximum absolute atomic E-state index is 11.9. The van der Waals surface area contributed by atoms with Crippen molar-refractivity contribution in [2.45, 2.75) is 12.3 Å². The van der Waals surface area contributed by atoms with Gasteiger partial charge in [-0.2, -0.15) is 10.6 Å². The summed E-state index contributed by atoms with van der Waals surface area (Å²) < 4.78 is 1.75. The number of carbonyl (C=O) groups is 1. The van der Waals surface area contributed by atoms with E-state index in [4.69, 9.17) is 4.84 Å². The largest absolute Gasteiger partial charge is 0.380 e. The molecule has 1 aliphatic rings. The van der Waals surface area contributed by atoms with Crippen molar-refractivity contribution in [1.82, 2.24) is 15.3 Å². The van der Waals surface area contributed by atoms with Crippen molar-refractivity contribution in [2.24, 2.45) is 13.0 Å². The number of para-hydroxylation sites is 1. The van der Waals surface area contributed by atoms with Crippen LogP contribution in [0.5, 0.6) is 5.75 Å². The van der Waals surface area contributed by atoms with Gasteiger partial charge in [0, 0.05) is 19.2 Å². The highest BCUT2D eigenvalue weighted by Crippen LogP contribution is 2.47. The number of nitrogens with zero attached hydrogens (tertiary/aromatic N) is 2. The number of rotatable bonds is 4. The Morgan fingerprint density at radius 2 is 2.21 bits per heavy atom. The Bertz CT molecular complexity index is 579. The minimum Gasteiger partial charge on any atom is -0.380 e. The minimum absolute atomic E-state index is 0.00656. The van der Waals surface area contributed by atoms with Gasteiger partial charge in [0.2, 0.25) is 0 Å². The second kappa shape index (κ2) is 4.76. The first-order valence-electron chi connectivity index (χ1n) is 6.24. The van der Waals surface area contributed by atoms with Gasteiger partial charge in [-0.1, -0.05) is 18.2 Å². The number of aromatic nitrogens is 2. The Kier molecular flexibility index (Phi) is 2.95. The number of aryl methyl sites for hydroxylation is 1. The Hall–Kier alpha value is -2.30. The van der Waals surface area contributed by atoms with Gasteiger partial charge in [-0.25, -0.2) is 0 Å². The fourth-order valence-electron chi connectivity index (χ4n) is 2.16. The first kappa shape index (κ1) is 11.8. The number of carbonyl (C=O) groups excluding carboxylic acids is 1. The topological polar surface area (TPSA) is 56.2 Å². The molecule has 0 radical (unpaired) electrons. The Balaban J connectivity index is 1.53. The molecule has 0 bridgehead atoms. The highest BCUT2D eigenvalue weighted by Gasteiger charge is 2.45. The van der Waals surface area contributed by atoms with E-state index in [0.29, 0.717) is 5.75 Å². The van der Waals surface area contributed by atoms with E-state index in [2.05, 4.69) is 10.6 Å². The molecular formula is C14H15N3O2. The van der Waals surface area contributed by atoms with E-state index in [-0.39, 0.29) is 17.7 Å². The molecule has 2 aromatic rings. The second-order valence-corrected chi connectivity index (χ2v) is 4.78. The summed E-state index contributed by atoms with van der Waals surface area (Å²) in [7, 11) is 1.87. The summed E-state index contributed by atoms with van der Waals surface area (Å²) in [5.41, 5.74) is 3.61. The zero-order valence-electron chi connectivity index (χ0n) is 10.6. The molecule has 1 amide bonds. The third-order valence-electron chi connectivity index (χ3n) is 3.29. The van der Waals surface area contributed by atoms with Gasteiger partial charge in [0.25, 0.3) is 5.91 Å². The monoisotopic (exact) mass is 257 g/mol. The van der Waals surface area contributed by atoms with Crippen LogP contribution in [-0.2, 0) is 11.8 Å². The minimum atomic E-state index is -0.0716. The molecule has 1 fully saturated rings. The van der Waals surface area contributed by atoms with Gasteiger partial charge in [0.05, 0.1) is 6.20 Å². The van der Waals surface area contributed by atoms with Gasteiger partial charge in [-0.3, -0.25) is 9.48 Å². The molecule has 1 saturated carbocycles. The van der Waals surface area contributed by atoms with Gasteiger partial charge in [0.1, 0.15) is 0 Å². The average molecular weight is 257 g/mol. The van der Waals surface area contributed by atoms with Gasteiger partial charge >= 0.3 is 0 Å². The molecule has 1 N–H and O–H groups in total. The molecular weight excluding hydrogens is 242 g/mol. The van der Waals surface area contributed by atoms with E-state index in [9.17, 15) is 4.79 Å². The normalized spacial score (nSPS) is 20.9. The molecule has 1 aliphatic carbocycles. The number of hydrogen-bond acceptors (Lipinski definition) is 3. The number of nitrogens with one attached hydrogen (secondary N) is 1. The third kappa shape index (κ3) is 2.59. The fourth-order valence-corrected chi connectivity index (χ4v) is 2.16. The summed E-state index contributed by atoms with van der Waals surface area (Å²) in [6, 6.07) is 9.21. The van der Waals surface area contributed by atoms with E-state index in [1.807, 2.05) is 37.6 Å². The SMILES string of the molecule is Cn1cc([C@@H]2C[C@H]2C(=O)NOc2ccccc2)cn1. The van der Waals surface area contributed by atoms with E-state index in [1.165, 1.54) is 0 Å². The van der Waals surface area contributed by atoms with E-state index in [1.54, 1.807) is 16.8 Å². The van der Waals surface area contributed by atoms with Crippen molar-refractivity contribution in [3.63, 3.8) is 0 Å². The van der Waals surface area contributed by atoms with Crippen molar-refractivity contribution in [2.75, 3.05) is 0 Å². The van der Waals surface area contributed by atoms with Crippen LogP contribution in [0, 0.1) is 5.92 Å². The molecule has 5 nitrogen and oxygen atoms in total. The highest BCUT2D eigenvalue weighted by molar-refractivity contribution is 5.82. The van der Waals surface area contributed by atoms with Crippen LogP contribution in [0.3, 0.4) is 0 Å². The van der Waals surface area contributed by atoms with E-state index in [0.717, 1.165) is 12.0 Å². The summed E-state index contributed by atoms with van der Waals surface area (Å²) in [4.78, 5) is 17.1. The molecule has 2 atom stereocenters. The van der Waals surface area contributed by atoms with E-state index < -0.39 is 0 Å². The van der Waals surface area contributed by atoms with Crippen molar-refractivity contribution in [3.8, 4) is 5.75 Å². The Morgan fingerprint density at radius 1 is 1.42 bits per heavy atom. The molecule has 0 saturated heterocycles. The molecule has 1 heterocycles. The number of hydroxylamine groups is 1. The molecule has 98 valence electrons. The van der Waals surface area contributed by atoms with Crippen LogP contribution >= 0.6 is 0 Å². The van der Waals surface area contributed by atoms with Crippen LogP contribution in [0.25, 0.3) is 0 Å². The summed E-state index contributed by atoms with van der Waals surface area (Å²) in [6.07, 6.45) is 4.63. The second-order valence-electron chi connectivity index (χ2n) is 4.78. The van der Waals surface area contributed by atoms with Crippen LogP contribution in [0.1, 0.15) is 17.9 Å². The summed E-state index contributed by atoms with van der Waals surface area (Å²) in [6.45, 7) is 0. The average Bonchev–Trinajstić information content (AvgIpc) is 3.13. The maximum Gasteiger partial charge on any atom is 0.256 e. The molecule has 0 spiro atoms. The number of amides is 1. The zero-order valence-corrected chi connectivity index (χ0v) is 10.6. The maximum atomic E-state index is 11.9. The summed E-state index contributed by atoms with van der Waals surface area (Å²) in [5.74, 6) is 0.827. The predicted octanol–water partition coefficient (Wildman–Crippen LogP) is 1.63. The number of hydrogen-bond donors (Lipinski definition) is 1. The molecule has 1 aromatic carbocycles. The van der Waals surface area contributed by atoms with Crippen molar-refractivity contribution in [1.29, 1.82) is 0 Å². The Labute approximate surface area is 111 Å². The van der Waals surface area contributed by atoms with Gasteiger partial charge in [-0.15, -0.1) is 0 Å². The molecule has 3 rings (SSSR count). The van der Waals surface area contributed by atoms with Crippen LogP contribution in [0.15, 0.2) is 42.7 Å². The lowest BCUT2D eigenvalue weighted by atomic mass is 10.2. The smallest absolute Gasteiger partial charge is 0.256 e. The van der Waals surface area contributed by atoms with Gasteiger partial charge in [-0.05, 0) is 30.0 Å². The van der Waals surface area contributed by atoms with Gasteiger partial charge in [0.15, 0.2) is 5.75 Å². The van der Waals surface area contributed by atoms with Crippen LogP contribution in [0.2, 0.25) is 0 Å². The highest BCUT2D eigenvalue weighted by atomic mass is 16.7. The Morgan fingerprint density at radius 3 is 2.89 bits per heavy atom. The van der Waals surface area contributed by atoms with Crippen molar-refractivity contribution < 1.29 is 9.63 Å². The lowest BCUT2D eigenvalue weighted by Crippen LogP contribution is -2.28. The summed E-state index contributed by atoms with van der Waals surface area (Å²) in [5, 5.41) is 4.12. The predicted molar refractivity (Wildman–Crippen MR) is 69.3 cm³/mol. The van der Waals surface area contributed by atoms with Crippen molar-refractivity contribution in [3.05, 3.63) is 48.3 Å². The quantitative estimate of drug-likeness (QED) is 0.847. The first-order valence-corrected chi connectivity index (χ1v) is 6.24. The first-order chi connectivity index (χ1) is 9.24. The van der Waals surface area contributed by atoms with Crippen molar-refractivity contribution >= 4 is 5.91 Å². The van der Waals surface area contributed by atoms with Crippen LogP contribution in [-0.4, -0.2) is 15.7 Å². The zero-order chi connectivity index (χ0) is 13.2. The third-order valence-corrected chi connectivity index (χ3v) is 3.29.